The Hall–Kier alpha value is -0.830. The number of carbonyl (C=O) groups excluding carboxylic acids is 2. The summed E-state index contributed by atoms with van der Waals surface area (Å²) in [5.41, 5.74) is -3.37. The topological polar surface area (TPSA) is 113 Å². The Labute approximate surface area is 284 Å². The largest absolute Gasteiger partial charge is 0.462 e. The van der Waals surface area contributed by atoms with Crippen LogP contribution in [0, 0.1) is 56.2 Å². The van der Waals surface area contributed by atoms with Crippen LogP contribution in [-0.2, 0) is 19.1 Å². The van der Waals surface area contributed by atoms with Crippen LogP contribution >= 0.6 is 11.8 Å². The molecular formula is C38H68O7S. The number of hydrogen-bond acceptors (Lipinski definition) is 8. The van der Waals surface area contributed by atoms with Crippen molar-refractivity contribution in [3.05, 3.63) is 0 Å². The van der Waals surface area contributed by atoms with Gasteiger partial charge in [-0.1, -0.05) is 75.7 Å². The maximum Gasteiger partial charge on any atom is 0.312 e. The lowest BCUT2D eigenvalue weighted by molar-refractivity contribution is -0.188. The smallest absolute Gasteiger partial charge is 0.312 e. The Morgan fingerprint density at radius 3 is 1.91 bits per heavy atom. The van der Waals surface area contributed by atoms with E-state index in [0.717, 1.165) is 18.3 Å². The maximum atomic E-state index is 14.6. The summed E-state index contributed by atoms with van der Waals surface area (Å²) in [6, 6.07) is 0. The van der Waals surface area contributed by atoms with E-state index in [1.807, 2.05) is 27.7 Å². The number of hydrogen-bond donors (Lipinski definition) is 3. The molecule has 0 aromatic rings. The minimum atomic E-state index is -0.914. The van der Waals surface area contributed by atoms with Gasteiger partial charge in [0.25, 0.3) is 0 Å². The molecule has 3 fully saturated rings. The normalized spacial score (nSPS) is 29.1. The Balaban J connectivity index is 1.82. The van der Waals surface area contributed by atoms with Crippen LogP contribution in [0.1, 0.15) is 128 Å². The molecule has 0 aromatic heterocycles. The predicted octanol–water partition coefficient (Wildman–Crippen LogP) is 7.28. The summed E-state index contributed by atoms with van der Waals surface area (Å²) in [5.74, 6) is 2.88. The molecule has 9 unspecified atom stereocenters. The van der Waals surface area contributed by atoms with Crippen LogP contribution in [0.25, 0.3) is 0 Å². The second kappa shape index (κ2) is 14.2. The van der Waals surface area contributed by atoms with E-state index in [-0.39, 0.29) is 42.4 Å². The molecule has 9 atom stereocenters. The number of rotatable bonds is 15. The minimum Gasteiger partial charge on any atom is -0.462 e. The lowest BCUT2D eigenvalue weighted by Gasteiger charge is -2.57. The molecule has 2 bridgehead atoms. The van der Waals surface area contributed by atoms with Crippen LogP contribution in [0.15, 0.2) is 0 Å². The molecule has 0 aromatic carbocycles. The third kappa shape index (κ3) is 8.13. The van der Waals surface area contributed by atoms with E-state index < -0.39 is 39.3 Å². The van der Waals surface area contributed by atoms with Gasteiger partial charge in [-0.05, 0) is 97.7 Å². The average molecular weight is 669 g/mol. The molecule has 7 nitrogen and oxygen atoms in total. The van der Waals surface area contributed by atoms with Gasteiger partial charge in [0.2, 0.25) is 0 Å². The number of ether oxygens (including phenoxy) is 2. The van der Waals surface area contributed by atoms with Crippen LogP contribution in [-0.4, -0.2) is 70.3 Å². The zero-order valence-electron chi connectivity index (χ0n) is 31.2. The first-order valence-corrected chi connectivity index (χ1v) is 19.0. The fraction of sp³-hybridized carbons (Fsp3) is 0.947. The van der Waals surface area contributed by atoms with Crippen molar-refractivity contribution < 1.29 is 34.4 Å². The molecule has 0 amide bonds. The molecule has 0 spiro atoms. The summed E-state index contributed by atoms with van der Waals surface area (Å²) in [7, 11) is 0. The Morgan fingerprint density at radius 1 is 0.761 bits per heavy atom. The number of aliphatic hydroxyl groups excluding tert-OH is 3. The van der Waals surface area contributed by atoms with Crippen molar-refractivity contribution >= 4 is 23.7 Å². The van der Waals surface area contributed by atoms with Crippen molar-refractivity contribution in [2.75, 3.05) is 24.7 Å². The van der Waals surface area contributed by atoms with Crippen molar-refractivity contribution in [2.24, 2.45) is 56.2 Å². The second-order valence-corrected chi connectivity index (χ2v) is 20.1. The van der Waals surface area contributed by atoms with Crippen molar-refractivity contribution in [3.63, 3.8) is 0 Å². The first-order valence-electron chi connectivity index (χ1n) is 17.8. The third-order valence-corrected chi connectivity index (χ3v) is 14.4. The molecule has 268 valence electrons. The van der Waals surface area contributed by atoms with Gasteiger partial charge in [0, 0.05) is 11.5 Å². The van der Waals surface area contributed by atoms with Crippen molar-refractivity contribution in [3.8, 4) is 0 Å². The van der Waals surface area contributed by atoms with Crippen LogP contribution in [0.2, 0.25) is 0 Å². The van der Waals surface area contributed by atoms with E-state index >= 15 is 0 Å². The standard InChI is InChI=1S/C38H68O7S/c1-33(2,3)22-38(12,32(43)45-30-17-24-16-29(30)28-15-13-14-27(24)28)36(9,10)35(7,8)23-37(11,34(4,5)6)31(42)44-19-26(41)21-46-20-25(40)18-39/h24-30,39-41H,13-23H2,1-12H3. The van der Waals surface area contributed by atoms with E-state index in [4.69, 9.17) is 14.6 Å². The first-order chi connectivity index (χ1) is 20.9. The summed E-state index contributed by atoms with van der Waals surface area (Å²) in [6.45, 7) is 25.0. The molecule has 0 saturated heterocycles. The van der Waals surface area contributed by atoms with Gasteiger partial charge in [0.05, 0.1) is 29.6 Å². The molecule has 3 aliphatic rings. The SMILES string of the molecule is CC(C)(C)CC(C)(C(=O)OC1CC2CC1C1CCCC21)C(C)(C)C(C)(C)CC(C)(C(=O)OCC(O)CSCC(O)CO)C(C)(C)C. The van der Waals surface area contributed by atoms with Crippen LogP contribution in [0.5, 0.6) is 0 Å². The summed E-state index contributed by atoms with van der Waals surface area (Å²) >= 11 is 1.31. The van der Waals surface area contributed by atoms with Gasteiger partial charge in [-0.2, -0.15) is 11.8 Å². The summed E-state index contributed by atoms with van der Waals surface area (Å²) in [6.07, 6.45) is 5.58. The number of fused-ring (bicyclic) bond motifs is 5. The van der Waals surface area contributed by atoms with Gasteiger partial charge in [-0.3, -0.25) is 9.59 Å². The Kier molecular flexibility index (Phi) is 12.2. The van der Waals surface area contributed by atoms with Gasteiger partial charge in [-0.15, -0.1) is 0 Å². The highest BCUT2D eigenvalue weighted by molar-refractivity contribution is 7.99. The van der Waals surface area contributed by atoms with Crippen LogP contribution in [0.4, 0.5) is 0 Å². The number of thioether (sulfide) groups is 1. The highest BCUT2D eigenvalue weighted by atomic mass is 32.2. The number of aliphatic hydroxyl groups is 3. The highest BCUT2D eigenvalue weighted by Crippen LogP contribution is 2.63. The van der Waals surface area contributed by atoms with E-state index in [0.29, 0.717) is 30.4 Å². The van der Waals surface area contributed by atoms with E-state index in [1.54, 1.807) is 0 Å². The highest BCUT2D eigenvalue weighted by Gasteiger charge is 2.62. The van der Waals surface area contributed by atoms with Gasteiger partial charge >= 0.3 is 11.9 Å². The summed E-state index contributed by atoms with van der Waals surface area (Å²) in [5, 5.41) is 29.1. The van der Waals surface area contributed by atoms with Crippen molar-refractivity contribution in [1.29, 1.82) is 0 Å². The Morgan fingerprint density at radius 2 is 1.35 bits per heavy atom. The molecule has 3 rings (SSSR count). The van der Waals surface area contributed by atoms with Crippen LogP contribution in [0.3, 0.4) is 0 Å². The molecule has 46 heavy (non-hydrogen) atoms. The lowest BCUT2D eigenvalue weighted by Crippen LogP contribution is -2.56. The zero-order valence-corrected chi connectivity index (χ0v) is 32.0. The van der Waals surface area contributed by atoms with Crippen LogP contribution < -0.4 is 0 Å². The number of esters is 2. The molecule has 0 heterocycles. The van der Waals surface area contributed by atoms with Crippen molar-refractivity contribution in [1.82, 2.24) is 0 Å². The van der Waals surface area contributed by atoms with Gasteiger partial charge < -0.3 is 24.8 Å². The fourth-order valence-electron chi connectivity index (χ4n) is 9.28. The molecule has 3 N–H and O–H groups in total. The maximum absolute atomic E-state index is 14.6. The zero-order chi connectivity index (χ0) is 35.1. The minimum absolute atomic E-state index is 0.0152. The molecule has 0 aliphatic heterocycles. The van der Waals surface area contributed by atoms with Gasteiger partial charge in [0.15, 0.2) is 0 Å². The summed E-state index contributed by atoms with van der Waals surface area (Å²) < 4.78 is 12.4. The van der Waals surface area contributed by atoms with Gasteiger partial charge in [0.1, 0.15) is 12.7 Å². The predicted molar refractivity (Wildman–Crippen MR) is 186 cm³/mol. The molecular weight excluding hydrogens is 600 g/mol. The lowest BCUT2D eigenvalue weighted by atomic mass is 9.47. The molecule has 3 aliphatic carbocycles. The second-order valence-electron chi connectivity index (χ2n) is 19.1. The fourth-order valence-corrected chi connectivity index (χ4v) is 10.2. The van der Waals surface area contributed by atoms with E-state index in [9.17, 15) is 19.8 Å². The van der Waals surface area contributed by atoms with E-state index in [2.05, 4.69) is 55.4 Å². The monoisotopic (exact) mass is 668 g/mol. The molecule has 3 saturated carbocycles. The third-order valence-electron chi connectivity index (χ3n) is 13.2. The first kappa shape index (κ1) is 39.6. The number of carbonyl (C=O) groups is 2. The molecule has 8 heteroatoms. The average Bonchev–Trinajstić information content (AvgIpc) is 3.64. The van der Waals surface area contributed by atoms with E-state index in [1.165, 1.54) is 37.4 Å². The molecule has 0 radical (unpaired) electrons. The quantitative estimate of drug-likeness (QED) is 0.156. The Bertz CT molecular complexity index is 1060. The van der Waals surface area contributed by atoms with Gasteiger partial charge in [-0.25, -0.2) is 0 Å². The summed E-state index contributed by atoms with van der Waals surface area (Å²) in [4.78, 5) is 28.6. The van der Waals surface area contributed by atoms with Crippen molar-refractivity contribution in [2.45, 2.75) is 146 Å².